The maximum absolute atomic E-state index is 11.4. The van der Waals surface area contributed by atoms with Gasteiger partial charge < -0.3 is 0 Å². The van der Waals surface area contributed by atoms with Gasteiger partial charge in [0.25, 0.3) is 0 Å². The van der Waals surface area contributed by atoms with Gasteiger partial charge in [-0.2, -0.15) is 17.4 Å². The monoisotopic (exact) mass is 180 g/mol. The lowest BCUT2D eigenvalue weighted by atomic mass is 10.4. The van der Waals surface area contributed by atoms with Crippen molar-refractivity contribution < 1.29 is 25.4 Å². The van der Waals surface area contributed by atoms with E-state index in [4.69, 9.17) is 0 Å². The zero-order chi connectivity index (χ0) is 8.36. The highest BCUT2D eigenvalue weighted by Gasteiger charge is 2.38. The van der Waals surface area contributed by atoms with Crippen molar-refractivity contribution in [1.29, 1.82) is 0 Å². The molecule has 62 valence electrons. The largest absolute Gasteiger partial charge is 0.415 e. The Kier molecular flexibility index (Phi) is 3.23. The molecule has 0 radical (unpaired) electrons. The smallest absolute Gasteiger partial charge is 0.252 e. The van der Waals surface area contributed by atoms with Crippen LogP contribution in [0.3, 0.4) is 0 Å². The highest BCUT2D eigenvalue weighted by Crippen LogP contribution is 2.22. The second kappa shape index (κ2) is 3.29. The molecule has 0 fully saturated rings. The van der Waals surface area contributed by atoms with Crippen molar-refractivity contribution in [3.63, 3.8) is 0 Å². The molecule has 0 aromatic heterocycles. The Morgan fingerprint density at radius 1 is 1.50 bits per heavy atom. The number of rotatable bonds is 2. The SMILES string of the molecule is CC(OS(=O)F)C(F)(F)F. The molecule has 2 unspecified atom stereocenters. The van der Waals surface area contributed by atoms with Gasteiger partial charge in [0.05, 0.1) is 0 Å². The van der Waals surface area contributed by atoms with Gasteiger partial charge in [0.1, 0.15) is 0 Å². The van der Waals surface area contributed by atoms with Crippen LogP contribution >= 0.6 is 0 Å². The average Bonchev–Trinajstić information content (AvgIpc) is 1.60. The van der Waals surface area contributed by atoms with Crippen molar-refractivity contribution >= 4 is 11.5 Å². The number of hydrogen-bond donors (Lipinski definition) is 0. The summed E-state index contributed by atoms with van der Waals surface area (Å²) < 4.78 is 58.1. The molecular formula is C3H4F4O2S. The maximum Gasteiger partial charge on any atom is 0.415 e. The predicted octanol–water partition coefficient (Wildman–Crippen LogP) is 1.50. The van der Waals surface area contributed by atoms with Crippen molar-refractivity contribution in [2.75, 3.05) is 0 Å². The van der Waals surface area contributed by atoms with Crippen molar-refractivity contribution in [3.8, 4) is 0 Å². The topological polar surface area (TPSA) is 26.3 Å². The molecular weight excluding hydrogens is 176 g/mol. The predicted molar refractivity (Wildman–Crippen MR) is 25.9 cm³/mol. The van der Waals surface area contributed by atoms with E-state index in [0.717, 1.165) is 0 Å². The average molecular weight is 180 g/mol. The zero-order valence-electron chi connectivity index (χ0n) is 4.81. The van der Waals surface area contributed by atoms with Crippen LogP contribution in [0.15, 0.2) is 0 Å². The maximum atomic E-state index is 11.4. The summed E-state index contributed by atoms with van der Waals surface area (Å²) in [7, 11) is 0. The molecule has 7 heteroatoms. The third-order valence-corrected chi connectivity index (χ3v) is 1.12. The lowest BCUT2D eigenvalue weighted by Crippen LogP contribution is -2.28. The standard InChI is InChI=1S/C3H4F4O2S/c1-2(3(4,5)6)9-10(7)8/h2H,1H3. The number of hydrogen-bond acceptors (Lipinski definition) is 2. The summed E-state index contributed by atoms with van der Waals surface area (Å²) in [5.41, 5.74) is 0. The zero-order valence-corrected chi connectivity index (χ0v) is 5.63. The molecule has 0 N–H and O–H groups in total. The van der Waals surface area contributed by atoms with Gasteiger partial charge in [-0.05, 0) is 6.92 Å². The molecule has 0 saturated heterocycles. The molecule has 0 aliphatic rings. The van der Waals surface area contributed by atoms with Crippen LogP contribution in [0.1, 0.15) is 6.92 Å². The Hall–Kier alpha value is -0.170. The van der Waals surface area contributed by atoms with Gasteiger partial charge in [0.15, 0.2) is 6.10 Å². The van der Waals surface area contributed by atoms with Crippen molar-refractivity contribution in [2.45, 2.75) is 19.2 Å². The fourth-order valence-electron chi connectivity index (χ4n) is 0.168. The lowest BCUT2D eigenvalue weighted by molar-refractivity contribution is -0.187. The van der Waals surface area contributed by atoms with Gasteiger partial charge in [-0.15, -0.1) is 3.89 Å². The second-order valence-electron chi connectivity index (χ2n) is 1.47. The number of halogens is 4. The van der Waals surface area contributed by atoms with Crippen LogP contribution in [0.25, 0.3) is 0 Å². The molecule has 0 rings (SSSR count). The quantitative estimate of drug-likeness (QED) is 0.475. The molecule has 0 aliphatic heterocycles. The van der Waals surface area contributed by atoms with Gasteiger partial charge >= 0.3 is 17.6 Å². The third kappa shape index (κ3) is 3.78. The highest BCUT2D eigenvalue weighted by atomic mass is 32.2. The van der Waals surface area contributed by atoms with Crippen LogP contribution in [0, 0.1) is 0 Å². The van der Waals surface area contributed by atoms with Crippen LogP contribution in [0.2, 0.25) is 0 Å². The van der Waals surface area contributed by atoms with Gasteiger partial charge in [-0.25, -0.2) is 0 Å². The first-order chi connectivity index (χ1) is 4.34. The molecule has 0 bridgehead atoms. The lowest BCUT2D eigenvalue weighted by Gasteiger charge is -2.11. The first kappa shape index (κ1) is 9.83. The molecule has 10 heavy (non-hydrogen) atoms. The summed E-state index contributed by atoms with van der Waals surface area (Å²) in [6, 6.07) is 0. The molecule has 0 amide bonds. The van der Waals surface area contributed by atoms with E-state index in [1.165, 1.54) is 0 Å². The van der Waals surface area contributed by atoms with Crippen molar-refractivity contribution in [3.05, 3.63) is 0 Å². The van der Waals surface area contributed by atoms with Crippen LogP contribution in [-0.4, -0.2) is 16.5 Å². The first-order valence-electron chi connectivity index (χ1n) is 2.16. The second-order valence-corrected chi connectivity index (χ2v) is 2.05. The minimum absolute atomic E-state index is 0.567. The van der Waals surface area contributed by atoms with Crippen LogP contribution < -0.4 is 0 Å². The Balaban J connectivity index is 3.85. The summed E-state index contributed by atoms with van der Waals surface area (Å²) in [4.78, 5) is 0. The molecule has 0 aliphatic carbocycles. The summed E-state index contributed by atoms with van der Waals surface area (Å²) >= 11 is -3.36. The van der Waals surface area contributed by atoms with Gasteiger partial charge in [-0.3, -0.25) is 4.18 Å². The highest BCUT2D eigenvalue weighted by molar-refractivity contribution is 7.74. The van der Waals surface area contributed by atoms with E-state index in [9.17, 15) is 21.3 Å². The van der Waals surface area contributed by atoms with E-state index in [2.05, 4.69) is 4.18 Å². The van der Waals surface area contributed by atoms with Gasteiger partial charge in [-0.1, -0.05) is 0 Å². The van der Waals surface area contributed by atoms with E-state index >= 15 is 0 Å². The van der Waals surface area contributed by atoms with E-state index < -0.39 is 23.7 Å². The van der Waals surface area contributed by atoms with E-state index in [1.54, 1.807) is 0 Å². The fraction of sp³-hybridized carbons (Fsp3) is 1.00. The Labute approximate surface area is 57.1 Å². The van der Waals surface area contributed by atoms with Crippen molar-refractivity contribution in [2.24, 2.45) is 0 Å². The Morgan fingerprint density at radius 3 is 2.00 bits per heavy atom. The molecule has 0 aromatic carbocycles. The van der Waals surface area contributed by atoms with Gasteiger partial charge in [0.2, 0.25) is 0 Å². The minimum Gasteiger partial charge on any atom is -0.252 e. The first-order valence-corrected chi connectivity index (χ1v) is 3.13. The summed E-state index contributed by atoms with van der Waals surface area (Å²) in [6.07, 6.45) is -7.00. The van der Waals surface area contributed by atoms with E-state index in [0.29, 0.717) is 6.92 Å². The van der Waals surface area contributed by atoms with Crippen LogP contribution in [0.5, 0.6) is 0 Å². The van der Waals surface area contributed by atoms with Gasteiger partial charge in [0, 0.05) is 0 Å². The van der Waals surface area contributed by atoms with Crippen LogP contribution in [-0.2, 0) is 15.6 Å². The van der Waals surface area contributed by atoms with Crippen molar-refractivity contribution in [1.82, 2.24) is 0 Å². The molecule has 0 heterocycles. The summed E-state index contributed by atoms with van der Waals surface area (Å²) in [5, 5.41) is 0. The Bertz CT molecular complexity index is 133. The molecule has 0 saturated carbocycles. The van der Waals surface area contributed by atoms with E-state index in [-0.39, 0.29) is 0 Å². The summed E-state index contributed by atoms with van der Waals surface area (Å²) in [5.74, 6) is 0. The molecule has 0 spiro atoms. The molecule has 0 aromatic rings. The molecule has 2 atom stereocenters. The third-order valence-electron chi connectivity index (χ3n) is 0.681. The Morgan fingerprint density at radius 2 is 1.90 bits per heavy atom. The fourth-order valence-corrected chi connectivity index (χ4v) is 0.504. The van der Waals surface area contributed by atoms with Crippen LogP contribution in [0.4, 0.5) is 17.1 Å². The van der Waals surface area contributed by atoms with E-state index in [1.807, 2.05) is 0 Å². The minimum atomic E-state index is -4.66. The normalized spacial score (nSPS) is 18.5. The summed E-state index contributed by atoms with van der Waals surface area (Å²) in [6.45, 7) is 0.567. The number of alkyl halides is 3. The molecule has 2 nitrogen and oxygen atoms in total.